The molecule has 0 aliphatic carbocycles. The van der Waals surface area contributed by atoms with Crippen LogP contribution in [0, 0.1) is 5.92 Å². The molecule has 17 heavy (non-hydrogen) atoms. The molecule has 0 aromatic carbocycles. The summed E-state index contributed by atoms with van der Waals surface area (Å²) in [5.74, 6) is -1.44. The van der Waals surface area contributed by atoms with Gasteiger partial charge in [-0.05, 0) is 12.1 Å². The van der Waals surface area contributed by atoms with Crippen molar-refractivity contribution < 1.29 is 14.7 Å². The van der Waals surface area contributed by atoms with Crippen molar-refractivity contribution in [3.05, 3.63) is 24.0 Å². The molecule has 1 aliphatic rings. The maximum absolute atomic E-state index is 11.6. The van der Waals surface area contributed by atoms with Gasteiger partial charge >= 0.3 is 12.0 Å². The van der Waals surface area contributed by atoms with Crippen LogP contribution in [0.1, 0.15) is 18.7 Å². The zero-order valence-electron chi connectivity index (χ0n) is 9.51. The molecule has 6 heteroatoms. The predicted octanol–water partition coefficient (Wildman–Crippen LogP) is 0.802. The Morgan fingerprint density at radius 3 is 3.06 bits per heavy atom. The number of aromatic amines is 1. The van der Waals surface area contributed by atoms with E-state index in [1.54, 1.807) is 13.1 Å². The predicted molar refractivity (Wildman–Crippen MR) is 60.4 cm³/mol. The summed E-state index contributed by atoms with van der Waals surface area (Å²) in [6.45, 7) is 2.33. The van der Waals surface area contributed by atoms with Crippen molar-refractivity contribution in [3.63, 3.8) is 0 Å². The molecule has 6 nitrogen and oxygen atoms in total. The second kappa shape index (κ2) is 4.48. The fraction of sp³-hybridized carbons (Fsp3) is 0.455. The second-order valence-electron chi connectivity index (χ2n) is 4.27. The average Bonchev–Trinajstić information content (AvgIpc) is 2.88. The van der Waals surface area contributed by atoms with Gasteiger partial charge in [-0.1, -0.05) is 6.92 Å². The summed E-state index contributed by atoms with van der Waals surface area (Å²) in [6, 6.07) is 3.47. The van der Waals surface area contributed by atoms with Crippen molar-refractivity contribution in [2.75, 3.05) is 13.1 Å². The number of nitrogens with zero attached hydrogens (tertiary/aromatic N) is 1. The molecule has 2 amide bonds. The number of nitrogens with one attached hydrogen (secondary N) is 2. The van der Waals surface area contributed by atoms with E-state index in [1.165, 1.54) is 4.90 Å². The van der Waals surface area contributed by atoms with Gasteiger partial charge in [0.2, 0.25) is 0 Å². The third kappa shape index (κ3) is 2.41. The van der Waals surface area contributed by atoms with Gasteiger partial charge in [0.15, 0.2) is 0 Å². The van der Waals surface area contributed by atoms with E-state index in [0.717, 1.165) is 5.69 Å². The molecule has 92 valence electrons. The topological polar surface area (TPSA) is 85.4 Å². The Hall–Kier alpha value is -1.98. The number of aromatic nitrogens is 1. The standard InChI is InChI=1S/C11H15N3O3/c1-7(10(15)16)5-14-6-9(13-11(14)17)8-3-2-4-12-8/h2-4,7,9,12H,5-6H2,1H3,(H,13,17)(H,15,16). The molecule has 1 fully saturated rings. The molecule has 2 atom stereocenters. The highest BCUT2D eigenvalue weighted by Gasteiger charge is 2.31. The van der Waals surface area contributed by atoms with Gasteiger partial charge in [-0.25, -0.2) is 4.79 Å². The lowest BCUT2D eigenvalue weighted by molar-refractivity contribution is -0.141. The van der Waals surface area contributed by atoms with Crippen molar-refractivity contribution >= 4 is 12.0 Å². The van der Waals surface area contributed by atoms with E-state index in [2.05, 4.69) is 10.3 Å². The van der Waals surface area contributed by atoms with Crippen LogP contribution in [-0.2, 0) is 4.79 Å². The average molecular weight is 237 g/mol. The number of aliphatic carboxylic acids is 1. The molecule has 0 bridgehead atoms. The maximum Gasteiger partial charge on any atom is 0.318 e. The van der Waals surface area contributed by atoms with Crippen molar-refractivity contribution in [2.45, 2.75) is 13.0 Å². The minimum Gasteiger partial charge on any atom is -0.481 e. The van der Waals surface area contributed by atoms with Crippen LogP contribution in [0.3, 0.4) is 0 Å². The molecule has 1 saturated heterocycles. The van der Waals surface area contributed by atoms with E-state index in [-0.39, 0.29) is 18.6 Å². The van der Waals surface area contributed by atoms with Crippen molar-refractivity contribution in [2.24, 2.45) is 5.92 Å². The van der Waals surface area contributed by atoms with Gasteiger partial charge in [0.25, 0.3) is 0 Å². The molecular formula is C11H15N3O3. The molecule has 2 rings (SSSR count). The fourth-order valence-corrected chi connectivity index (χ4v) is 1.89. The van der Waals surface area contributed by atoms with Crippen molar-refractivity contribution in [3.8, 4) is 0 Å². The smallest absolute Gasteiger partial charge is 0.318 e. The first-order chi connectivity index (χ1) is 8.08. The van der Waals surface area contributed by atoms with E-state index >= 15 is 0 Å². The summed E-state index contributed by atoms with van der Waals surface area (Å²) in [5, 5.41) is 11.6. The molecule has 2 unspecified atom stereocenters. The molecule has 1 aliphatic heterocycles. The van der Waals surface area contributed by atoms with Gasteiger partial charge in [-0.3, -0.25) is 4.79 Å². The van der Waals surface area contributed by atoms with Crippen LogP contribution in [0.4, 0.5) is 4.79 Å². The summed E-state index contributed by atoms with van der Waals surface area (Å²) >= 11 is 0. The molecular weight excluding hydrogens is 222 g/mol. The second-order valence-corrected chi connectivity index (χ2v) is 4.27. The Labute approximate surface area is 98.6 Å². The number of carbonyl (C=O) groups excluding carboxylic acids is 1. The molecule has 0 spiro atoms. The van der Waals surface area contributed by atoms with E-state index in [1.807, 2.05) is 12.1 Å². The van der Waals surface area contributed by atoms with Crippen LogP contribution >= 0.6 is 0 Å². The quantitative estimate of drug-likeness (QED) is 0.724. The number of carbonyl (C=O) groups is 2. The molecule has 2 heterocycles. The summed E-state index contributed by atoms with van der Waals surface area (Å²) < 4.78 is 0. The monoisotopic (exact) mass is 237 g/mol. The third-order valence-corrected chi connectivity index (χ3v) is 2.90. The van der Waals surface area contributed by atoms with Gasteiger partial charge in [0.1, 0.15) is 0 Å². The summed E-state index contributed by atoms with van der Waals surface area (Å²) in [4.78, 5) is 27.0. The zero-order valence-corrected chi connectivity index (χ0v) is 9.51. The van der Waals surface area contributed by atoms with E-state index in [4.69, 9.17) is 5.11 Å². The first kappa shape index (κ1) is 11.5. The number of hydrogen-bond acceptors (Lipinski definition) is 2. The number of rotatable bonds is 4. The normalized spacial score (nSPS) is 21.4. The Kier molecular flexibility index (Phi) is 3.03. The Morgan fingerprint density at radius 2 is 2.47 bits per heavy atom. The lowest BCUT2D eigenvalue weighted by Crippen LogP contribution is -2.34. The number of carboxylic acids is 1. The Balaban J connectivity index is 1.98. The fourth-order valence-electron chi connectivity index (χ4n) is 1.89. The van der Waals surface area contributed by atoms with Crippen LogP contribution in [0.15, 0.2) is 18.3 Å². The zero-order chi connectivity index (χ0) is 12.4. The first-order valence-electron chi connectivity index (χ1n) is 5.49. The van der Waals surface area contributed by atoms with Crippen molar-refractivity contribution in [1.29, 1.82) is 0 Å². The highest BCUT2D eigenvalue weighted by atomic mass is 16.4. The van der Waals surface area contributed by atoms with Gasteiger partial charge in [0, 0.05) is 25.0 Å². The van der Waals surface area contributed by atoms with Gasteiger partial charge in [-0.2, -0.15) is 0 Å². The third-order valence-electron chi connectivity index (χ3n) is 2.90. The number of amides is 2. The van der Waals surface area contributed by atoms with Crippen LogP contribution in [0.5, 0.6) is 0 Å². The molecule has 3 N–H and O–H groups in total. The summed E-state index contributed by atoms with van der Waals surface area (Å²) in [5.41, 5.74) is 0.934. The summed E-state index contributed by atoms with van der Waals surface area (Å²) in [6.07, 6.45) is 1.80. The van der Waals surface area contributed by atoms with Gasteiger partial charge in [-0.15, -0.1) is 0 Å². The number of carboxylic acid groups (broad SMARTS) is 1. The SMILES string of the molecule is CC(CN1CC(c2ccc[nH]2)NC1=O)C(=O)O. The van der Waals surface area contributed by atoms with E-state index < -0.39 is 11.9 Å². The molecule has 0 radical (unpaired) electrons. The van der Waals surface area contributed by atoms with Crippen LogP contribution in [0.2, 0.25) is 0 Å². The van der Waals surface area contributed by atoms with E-state index in [9.17, 15) is 9.59 Å². The Bertz CT molecular complexity index is 416. The Morgan fingerprint density at radius 1 is 1.71 bits per heavy atom. The van der Waals surface area contributed by atoms with Gasteiger partial charge in [0.05, 0.1) is 12.0 Å². The van der Waals surface area contributed by atoms with Gasteiger partial charge < -0.3 is 20.3 Å². The minimum atomic E-state index is -0.888. The maximum atomic E-state index is 11.6. The van der Waals surface area contributed by atoms with Crippen LogP contribution < -0.4 is 5.32 Å². The van der Waals surface area contributed by atoms with E-state index in [0.29, 0.717) is 6.54 Å². The summed E-state index contributed by atoms with van der Waals surface area (Å²) in [7, 11) is 0. The number of hydrogen-bond donors (Lipinski definition) is 3. The molecule has 1 aromatic rings. The molecule has 0 saturated carbocycles. The lowest BCUT2D eigenvalue weighted by Gasteiger charge is -2.16. The largest absolute Gasteiger partial charge is 0.481 e. The highest BCUT2D eigenvalue weighted by molar-refractivity contribution is 5.78. The number of urea groups is 1. The highest BCUT2D eigenvalue weighted by Crippen LogP contribution is 2.19. The minimum absolute atomic E-state index is 0.0847. The first-order valence-corrected chi connectivity index (χ1v) is 5.49. The molecule has 1 aromatic heterocycles. The van der Waals surface area contributed by atoms with Crippen LogP contribution in [0.25, 0.3) is 0 Å². The van der Waals surface area contributed by atoms with Crippen molar-refractivity contribution in [1.82, 2.24) is 15.2 Å². The lowest BCUT2D eigenvalue weighted by atomic mass is 10.1. The van der Waals surface area contributed by atoms with Crippen LogP contribution in [-0.4, -0.2) is 40.1 Å². The number of H-pyrrole nitrogens is 1.